The minimum Gasteiger partial charge on any atom is -0.353 e. The Balaban J connectivity index is 2.49. The lowest BCUT2D eigenvalue weighted by Crippen LogP contribution is -2.58. The first kappa shape index (κ1) is 14.5. The average Bonchev–Trinajstić information content (AvgIpc) is 2.26. The molecule has 0 radical (unpaired) electrons. The van der Waals surface area contributed by atoms with Crippen LogP contribution < -0.4 is 11.1 Å². The van der Waals surface area contributed by atoms with Gasteiger partial charge in [-0.25, -0.2) is 0 Å². The average molecular weight is 241 g/mol. The van der Waals surface area contributed by atoms with E-state index in [2.05, 4.69) is 24.1 Å². The molecule has 4 nitrogen and oxygen atoms in total. The number of rotatable bonds is 4. The number of nitrogens with two attached hydrogens (primary N) is 1. The molecule has 0 aromatic heterocycles. The highest BCUT2D eigenvalue weighted by molar-refractivity contribution is 5.86. The van der Waals surface area contributed by atoms with Gasteiger partial charge in [0.15, 0.2) is 0 Å². The van der Waals surface area contributed by atoms with Gasteiger partial charge in [0.1, 0.15) is 0 Å². The van der Waals surface area contributed by atoms with Crippen molar-refractivity contribution in [2.45, 2.75) is 57.0 Å². The maximum Gasteiger partial charge on any atom is 0.240 e. The number of hydrogen-bond donors (Lipinski definition) is 2. The van der Waals surface area contributed by atoms with Crippen LogP contribution in [0.1, 0.15) is 46.0 Å². The van der Waals surface area contributed by atoms with Crippen LogP contribution >= 0.6 is 0 Å². The largest absolute Gasteiger partial charge is 0.353 e. The van der Waals surface area contributed by atoms with Gasteiger partial charge in [0, 0.05) is 12.1 Å². The van der Waals surface area contributed by atoms with Crippen LogP contribution in [0.4, 0.5) is 0 Å². The van der Waals surface area contributed by atoms with Crippen molar-refractivity contribution in [3.8, 4) is 0 Å². The molecule has 1 fully saturated rings. The van der Waals surface area contributed by atoms with Gasteiger partial charge in [-0.1, -0.05) is 19.3 Å². The Morgan fingerprint density at radius 3 is 2.29 bits per heavy atom. The van der Waals surface area contributed by atoms with Crippen LogP contribution in [-0.4, -0.2) is 42.5 Å². The first-order valence-electron chi connectivity index (χ1n) is 6.53. The smallest absolute Gasteiger partial charge is 0.240 e. The SMILES string of the molecule is CN(C)C(C)(C)CNC(=O)C1(N)CCCCC1. The third-order valence-corrected chi connectivity index (χ3v) is 4.09. The molecule has 0 aliphatic heterocycles. The summed E-state index contributed by atoms with van der Waals surface area (Å²) in [7, 11) is 4.04. The molecule has 0 spiro atoms. The monoisotopic (exact) mass is 241 g/mol. The molecular weight excluding hydrogens is 214 g/mol. The van der Waals surface area contributed by atoms with Crippen molar-refractivity contribution in [3.63, 3.8) is 0 Å². The summed E-state index contributed by atoms with van der Waals surface area (Å²) in [6.45, 7) is 4.85. The zero-order valence-corrected chi connectivity index (χ0v) is 11.7. The number of likely N-dealkylation sites (N-methyl/N-ethyl adjacent to an activating group) is 1. The molecule has 1 aliphatic rings. The number of nitrogens with one attached hydrogen (secondary N) is 1. The highest BCUT2D eigenvalue weighted by Gasteiger charge is 2.36. The Kier molecular flexibility index (Phi) is 4.55. The molecular formula is C13H27N3O. The van der Waals surface area contributed by atoms with Gasteiger partial charge in [-0.05, 0) is 40.8 Å². The molecule has 17 heavy (non-hydrogen) atoms. The molecule has 1 rings (SSSR count). The van der Waals surface area contributed by atoms with Crippen LogP contribution in [0.5, 0.6) is 0 Å². The quantitative estimate of drug-likeness (QED) is 0.775. The van der Waals surface area contributed by atoms with E-state index >= 15 is 0 Å². The highest BCUT2D eigenvalue weighted by Crippen LogP contribution is 2.26. The lowest BCUT2D eigenvalue weighted by atomic mass is 9.82. The molecule has 0 aromatic rings. The molecule has 0 heterocycles. The standard InChI is InChI=1S/C13H27N3O/c1-12(2,16(3)4)10-15-11(17)13(14)8-6-5-7-9-13/h5-10,14H2,1-4H3,(H,15,17). The Hall–Kier alpha value is -0.610. The van der Waals surface area contributed by atoms with Crippen molar-refractivity contribution in [2.75, 3.05) is 20.6 Å². The second kappa shape index (κ2) is 5.36. The zero-order valence-electron chi connectivity index (χ0n) is 11.7. The third kappa shape index (κ3) is 3.68. The van der Waals surface area contributed by atoms with Gasteiger partial charge < -0.3 is 16.0 Å². The van der Waals surface area contributed by atoms with E-state index in [4.69, 9.17) is 5.73 Å². The van der Waals surface area contributed by atoms with E-state index in [0.29, 0.717) is 6.54 Å². The van der Waals surface area contributed by atoms with Gasteiger partial charge in [0.2, 0.25) is 5.91 Å². The van der Waals surface area contributed by atoms with E-state index < -0.39 is 5.54 Å². The summed E-state index contributed by atoms with van der Waals surface area (Å²) in [4.78, 5) is 14.2. The van der Waals surface area contributed by atoms with Crippen LogP contribution in [0.3, 0.4) is 0 Å². The lowest BCUT2D eigenvalue weighted by Gasteiger charge is -2.36. The van der Waals surface area contributed by atoms with E-state index in [0.717, 1.165) is 25.7 Å². The van der Waals surface area contributed by atoms with Crippen molar-refractivity contribution in [2.24, 2.45) is 5.73 Å². The van der Waals surface area contributed by atoms with Crippen LogP contribution in [0.2, 0.25) is 0 Å². The van der Waals surface area contributed by atoms with Crippen LogP contribution in [0, 0.1) is 0 Å². The second-order valence-corrected chi connectivity index (χ2v) is 6.11. The molecule has 1 amide bonds. The molecule has 100 valence electrons. The molecule has 3 N–H and O–H groups in total. The fraction of sp³-hybridized carbons (Fsp3) is 0.923. The fourth-order valence-corrected chi connectivity index (χ4v) is 2.04. The predicted molar refractivity (Wildman–Crippen MR) is 70.8 cm³/mol. The van der Waals surface area contributed by atoms with Crippen LogP contribution in [0.25, 0.3) is 0 Å². The van der Waals surface area contributed by atoms with E-state index in [1.54, 1.807) is 0 Å². The summed E-state index contributed by atoms with van der Waals surface area (Å²) in [6, 6.07) is 0. The van der Waals surface area contributed by atoms with Crippen molar-refractivity contribution >= 4 is 5.91 Å². The first-order chi connectivity index (χ1) is 7.78. The Morgan fingerprint density at radius 2 is 1.82 bits per heavy atom. The Labute approximate surface area is 105 Å². The topological polar surface area (TPSA) is 58.4 Å². The molecule has 1 saturated carbocycles. The molecule has 0 unspecified atom stereocenters. The van der Waals surface area contributed by atoms with E-state index in [9.17, 15) is 4.79 Å². The number of nitrogens with zero attached hydrogens (tertiary/aromatic N) is 1. The first-order valence-corrected chi connectivity index (χ1v) is 6.53. The van der Waals surface area contributed by atoms with Gasteiger partial charge in [0.25, 0.3) is 0 Å². The number of hydrogen-bond acceptors (Lipinski definition) is 3. The summed E-state index contributed by atoms with van der Waals surface area (Å²) in [5.41, 5.74) is 5.52. The highest BCUT2D eigenvalue weighted by atomic mass is 16.2. The van der Waals surface area contributed by atoms with Gasteiger partial charge in [-0.15, -0.1) is 0 Å². The Morgan fingerprint density at radius 1 is 1.29 bits per heavy atom. The summed E-state index contributed by atoms with van der Waals surface area (Å²) < 4.78 is 0. The third-order valence-electron chi connectivity index (χ3n) is 4.09. The molecule has 4 heteroatoms. The minimum atomic E-state index is -0.624. The van der Waals surface area contributed by atoms with Gasteiger partial charge in [-0.2, -0.15) is 0 Å². The van der Waals surface area contributed by atoms with E-state index in [-0.39, 0.29) is 11.4 Å². The summed E-state index contributed by atoms with van der Waals surface area (Å²) in [5, 5.41) is 3.01. The molecule has 0 atom stereocenters. The Bertz CT molecular complexity index is 268. The predicted octanol–water partition coefficient (Wildman–Crippen LogP) is 1.10. The number of amides is 1. The van der Waals surface area contributed by atoms with Crippen LogP contribution in [-0.2, 0) is 4.79 Å². The maximum atomic E-state index is 12.1. The molecule has 0 bridgehead atoms. The van der Waals surface area contributed by atoms with Crippen molar-refractivity contribution in [3.05, 3.63) is 0 Å². The van der Waals surface area contributed by atoms with E-state index in [1.807, 2.05) is 14.1 Å². The number of carbonyl (C=O) groups is 1. The second-order valence-electron chi connectivity index (χ2n) is 6.11. The van der Waals surface area contributed by atoms with E-state index in [1.165, 1.54) is 6.42 Å². The number of carbonyl (C=O) groups excluding carboxylic acids is 1. The van der Waals surface area contributed by atoms with Crippen molar-refractivity contribution < 1.29 is 4.79 Å². The zero-order chi connectivity index (χ0) is 13.1. The normalized spacial score (nSPS) is 20.4. The summed E-state index contributed by atoms with van der Waals surface area (Å²) in [5.74, 6) is 0.0205. The lowest BCUT2D eigenvalue weighted by molar-refractivity contribution is -0.128. The maximum absolute atomic E-state index is 12.1. The van der Waals surface area contributed by atoms with Crippen molar-refractivity contribution in [1.82, 2.24) is 10.2 Å². The fourth-order valence-electron chi connectivity index (χ4n) is 2.04. The van der Waals surface area contributed by atoms with Gasteiger partial charge in [0.05, 0.1) is 5.54 Å². The molecule has 1 aliphatic carbocycles. The molecule has 0 saturated heterocycles. The summed E-state index contributed by atoms with van der Waals surface area (Å²) >= 11 is 0. The van der Waals surface area contributed by atoms with Gasteiger partial charge >= 0.3 is 0 Å². The van der Waals surface area contributed by atoms with Gasteiger partial charge in [-0.3, -0.25) is 4.79 Å². The minimum absolute atomic E-state index is 0.0205. The summed E-state index contributed by atoms with van der Waals surface area (Å²) in [6.07, 6.45) is 4.99. The van der Waals surface area contributed by atoms with Crippen LogP contribution in [0.15, 0.2) is 0 Å². The van der Waals surface area contributed by atoms with Crippen molar-refractivity contribution in [1.29, 1.82) is 0 Å². The molecule has 0 aromatic carbocycles.